The van der Waals surface area contributed by atoms with Crippen LogP contribution < -0.4 is 0 Å². The Morgan fingerprint density at radius 3 is 2.65 bits per heavy atom. The Bertz CT molecular complexity index is 644. The van der Waals surface area contributed by atoms with E-state index in [2.05, 4.69) is 62.0 Å². The quantitative estimate of drug-likeness (QED) is 0.842. The van der Waals surface area contributed by atoms with Gasteiger partial charge in [-0.25, -0.2) is 0 Å². The Labute approximate surface area is 139 Å². The SMILES string of the molecule is CC(C)N1CC[C@H](Cc2cccc(-c3ccnn3C(C)C)n2)C1. The van der Waals surface area contributed by atoms with Gasteiger partial charge in [-0.05, 0) is 71.2 Å². The van der Waals surface area contributed by atoms with E-state index in [1.54, 1.807) is 0 Å². The van der Waals surface area contributed by atoms with Crippen molar-refractivity contribution >= 4 is 0 Å². The fourth-order valence-corrected chi connectivity index (χ4v) is 3.46. The second kappa shape index (κ2) is 6.83. The molecule has 0 amide bonds. The number of nitrogens with zero attached hydrogens (tertiary/aromatic N) is 4. The van der Waals surface area contributed by atoms with Crippen LogP contribution in [0.25, 0.3) is 11.4 Å². The van der Waals surface area contributed by atoms with Crippen LogP contribution in [0.15, 0.2) is 30.5 Å². The van der Waals surface area contributed by atoms with E-state index in [4.69, 9.17) is 4.98 Å². The minimum Gasteiger partial charge on any atom is -0.301 e. The molecule has 0 unspecified atom stereocenters. The second-order valence-electron chi connectivity index (χ2n) is 7.22. The molecule has 1 atom stereocenters. The normalized spacial score (nSPS) is 19.1. The molecule has 0 aromatic carbocycles. The van der Waals surface area contributed by atoms with E-state index >= 15 is 0 Å². The van der Waals surface area contributed by atoms with Crippen LogP contribution in [0, 0.1) is 5.92 Å². The summed E-state index contributed by atoms with van der Waals surface area (Å²) >= 11 is 0. The molecule has 124 valence electrons. The van der Waals surface area contributed by atoms with Gasteiger partial charge in [-0.15, -0.1) is 0 Å². The summed E-state index contributed by atoms with van der Waals surface area (Å²) < 4.78 is 2.04. The van der Waals surface area contributed by atoms with Crippen LogP contribution >= 0.6 is 0 Å². The van der Waals surface area contributed by atoms with Crippen molar-refractivity contribution in [2.24, 2.45) is 5.92 Å². The van der Waals surface area contributed by atoms with Gasteiger partial charge < -0.3 is 4.90 Å². The Kier molecular flexibility index (Phi) is 4.81. The zero-order valence-electron chi connectivity index (χ0n) is 14.7. The molecule has 2 aromatic heterocycles. The van der Waals surface area contributed by atoms with Crippen molar-refractivity contribution in [3.05, 3.63) is 36.2 Å². The van der Waals surface area contributed by atoms with Crippen LogP contribution in [0.4, 0.5) is 0 Å². The molecule has 0 saturated carbocycles. The van der Waals surface area contributed by atoms with Gasteiger partial charge in [0.1, 0.15) is 0 Å². The highest BCUT2D eigenvalue weighted by atomic mass is 15.3. The summed E-state index contributed by atoms with van der Waals surface area (Å²) in [5.41, 5.74) is 3.35. The molecule has 0 N–H and O–H groups in total. The molecule has 1 aliphatic rings. The molecule has 3 heterocycles. The average molecular weight is 312 g/mol. The van der Waals surface area contributed by atoms with Gasteiger partial charge in [-0.2, -0.15) is 5.10 Å². The maximum atomic E-state index is 4.91. The lowest BCUT2D eigenvalue weighted by Gasteiger charge is -2.20. The Morgan fingerprint density at radius 2 is 1.96 bits per heavy atom. The van der Waals surface area contributed by atoms with Gasteiger partial charge in [-0.1, -0.05) is 6.07 Å². The lowest BCUT2D eigenvalue weighted by atomic mass is 10.0. The molecule has 3 rings (SSSR count). The number of hydrogen-bond acceptors (Lipinski definition) is 3. The smallest absolute Gasteiger partial charge is 0.0886 e. The van der Waals surface area contributed by atoms with Crippen molar-refractivity contribution in [1.82, 2.24) is 19.7 Å². The highest BCUT2D eigenvalue weighted by Crippen LogP contribution is 2.24. The molecule has 0 radical (unpaired) electrons. The molecular formula is C19H28N4. The van der Waals surface area contributed by atoms with E-state index in [1.165, 1.54) is 25.2 Å². The Morgan fingerprint density at radius 1 is 1.13 bits per heavy atom. The predicted molar refractivity (Wildman–Crippen MR) is 94.4 cm³/mol. The topological polar surface area (TPSA) is 34.0 Å². The van der Waals surface area contributed by atoms with Crippen LogP contribution in [0.5, 0.6) is 0 Å². The van der Waals surface area contributed by atoms with Crippen molar-refractivity contribution in [3.8, 4) is 11.4 Å². The summed E-state index contributed by atoms with van der Waals surface area (Å²) in [4.78, 5) is 7.48. The van der Waals surface area contributed by atoms with Crippen molar-refractivity contribution in [2.45, 2.75) is 52.6 Å². The maximum absolute atomic E-state index is 4.91. The van der Waals surface area contributed by atoms with Crippen LogP contribution in [0.1, 0.15) is 45.9 Å². The molecule has 4 heteroatoms. The number of hydrogen-bond donors (Lipinski definition) is 0. The van der Waals surface area contributed by atoms with Gasteiger partial charge in [0.25, 0.3) is 0 Å². The standard InChI is InChI=1S/C19H28N4/c1-14(2)22-11-9-16(13-22)12-17-6-5-7-18(21-17)19-8-10-20-23(19)15(3)4/h5-8,10,14-16H,9,11-13H2,1-4H3/t16-/m1/s1. The lowest BCUT2D eigenvalue weighted by molar-refractivity contribution is 0.265. The number of aromatic nitrogens is 3. The van der Waals surface area contributed by atoms with Gasteiger partial charge in [0.15, 0.2) is 0 Å². The van der Waals surface area contributed by atoms with Crippen molar-refractivity contribution < 1.29 is 0 Å². The first-order valence-corrected chi connectivity index (χ1v) is 8.78. The average Bonchev–Trinajstić information content (AvgIpc) is 3.16. The first kappa shape index (κ1) is 16.2. The molecule has 4 nitrogen and oxygen atoms in total. The minimum atomic E-state index is 0.347. The third-order valence-electron chi connectivity index (χ3n) is 4.77. The first-order chi connectivity index (χ1) is 11.0. The molecule has 1 fully saturated rings. The van der Waals surface area contributed by atoms with E-state index in [1.807, 2.05) is 10.9 Å². The van der Waals surface area contributed by atoms with Crippen molar-refractivity contribution in [3.63, 3.8) is 0 Å². The van der Waals surface area contributed by atoms with Crippen LogP contribution in [-0.4, -0.2) is 38.8 Å². The maximum Gasteiger partial charge on any atom is 0.0886 e. The molecule has 0 spiro atoms. The Hall–Kier alpha value is -1.68. The number of likely N-dealkylation sites (tertiary alicyclic amines) is 1. The highest BCUT2D eigenvalue weighted by molar-refractivity contribution is 5.54. The monoisotopic (exact) mass is 312 g/mol. The van der Waals surface area contributed by atoms with Crippen LogP contribution in [-0.2, 0) is 6.42 Å². The molecule has 2 aromatic rings. The molecular weight excluding hydrogens is 284 g/mol. The van der Waals surface area contributed by atoms with Crippen LogP contribution in [0.3, 0.4) is 0 Å². The van der Waals surface area contributed by atoms with Gasteiger partial charge in [0, 0.05) is 30.5 Å². The zero-order valence-corrected chi connectivity index (χ0v) is 14.7. The molecule has 1 saturated heterocycles. The summed E-state index contributed by atoms with van der Waals surface area (Å²) in [6.45, 7) is 11.3. The Balaban J connectivity index is 1.74. The molecule has 23 heavy (non-hydrogen) atoms. The minimum absolute atomic E-state index is 0.347. The summed E-state index contributed by atoms with van der Waals surface area (Å²) in [5, 5.41) is 4.42. The fourth-order valence-electron chi connectivity index (χ4n) is 3.46. The van der Waals surface area contributed by atoms with Gasteiger partial charge in [-0.3, -0.25) is 9.67 Å². The molecule has 1 aliphatic heterocycles. The first-order valence-electron chi connectivity index (χ1n) is 8.78. The van der Waals surface area contributed by atoms with E-state index in [-0.39, 0.29) is 0 Å². The van der Waals surface area contributed by atoms with Gasteiger partial charge in [0.2, 0.25) is 0 Å². The molecule has 0 bridgehead atoms. The summed E-state index contributed by atoms with van der Waals surface area (Å²) in [5.74, 6) is 0.732. The summed E-state index contributed by atoms with van der Waals surface area (Å²) in [7, 11) is 0. The lowest BCUT2D eigenvalue weighted by Crippen LogP contribution is -2.28. The third kappa shape index (κ3) is 3.63. The van der Waals surface area contributed by atoms with Gasteiger partial charge >= 0.3 is 0 Å². The number of pyridine rings is 1. The van der Waals surface area contributed by atoms with Crippen LogP contribution in [0.2, 0.25) is 0 Å². The van der Waals surface area contributed by atoms with E-state index < -0.39 is 0 Å². The van der Waals surface area contributed by atoms with Crippen molar-refractivity contribution in [1.29, 1.82) is 0 Å². The van der Waals surface area contributed by atoms with Gasteiger partial charge in [0.05, 0.1) is 11.4 Å². The van der Waals surface area contributed by atoms with Crippen molar-refractivity contribution in [2.75, 3.05) is 13.1 Å². The molecule has 0 aliphatic carbocycles. The largest absolute Gasteiger partial charge is 0.301 e. The fraction of sp³-hybridized carbons (Fsp3) is 0.579. The second-order valence-corrected chi connectivity index (χ2v) is 7.22. The van der Waals surface area contributed by atoms with E-state index in [0.717, 1.165) is 23.7 Å². The van der Waals surface area contributed by atoms with E-state index in [9.17, 15) is 0 Å². The zero-order chi connectivity index (χ0) is 16.4. The highest BCUT2D eigenvalue weighted by Gasteiger charge is 2.24. The predicted octanol–water partition coefficient (Wildman–Crippen LogP) is 3.80. The summed E-state index contributed by atoms with van der Waals surface area (Å²) in [6, 6.07) is 9.44. The summed E-state index contributed by atoms with van der Waals surface area (Å²) in [6.07, 6.45) is 4.22. The number of rotatable bonds is 5. The third-order valence-corrected chi connectivity index (χ3v) is 4.77. The van der Waals surface area contributed by atoms with E-state index in [0.29, 0.717) is 12.1 Å².